The average molecular weight is 262 g/mol. The van der Waals surface area contributed by atoms with E-state index in [0.717, 1.165) is 24.8 Å². The minimum Gasteiger partial charge on any atom is -0.461 e. The molecule has 1 N–H and O–H groups in total. The van der Waals surface area contributed by atoms with Crippen LogP contribution >= 0.6 is 0 Å². The number of esters is 1. The van der Waals surface area contributed by atoms with Crippen LogP contribution in [-0.2, 0) is 9.53 Å². The molecule has 0 radical (unpaired) electrons. The van der Waals surface area contributed by atoms with Gasteiger partial charge in [0.2, 0.25) is 0 Å². The van der Waals surface area contributed by atoms with Crippen LogP contribution in [0.15, 0.2) is 24.3 Å². The van der Waals surface area contributed by atoms with Gasteiger partial charge in [0.05, 0.1) is 12.0 Å². The van der Waals surface area contributed by atoms with E-state index in [-0.39, 0.29) is 35.7 Å². The summed E-state index contributed by atoms with van der Waals surface area (Å²) >= 11 is 0. The van der Waals surface area contributed by atoms with Crippen LogP contribution in [0.3, 0.4) is 0 Å². The summed E-state index contributed by atoms with van der Waals surface area (Å²) in [5.74, 6) is 0.544. The molecule has 0 bridgehead atoms. The first-order valence-corrected chi connectivity index (χ1v) is 7.29. The molecular formula is C16H22O3. The van der Waals surface area contributed by atoms with E-state index in [0.29, 0.717) is 6.42 Å². The molecule has 2 saturated carbocycles. The van der Waals surface area contributed by atoms with Crippen LogP contribution in [0.1, 0.15) is 32.6 Å². The van der Waals surface area contributed by atoms with Crippen molar-refractivity contribution >= 4 is 5.97 Å². The van der Waals surface area contributed by atoms with Crippen LogP contribution in [0, 0.1) is 23.7 Å². The topological polar surface area (TPSA) is 46.5 Å². The number of aliphatic hydroxyl groups is 1. The number of hydrogen-bond donors (Lipinski definition) is 1. The number of carbonyl (C=O) groups excluding carboxylic acids is 1. The molecule has 19 heavy (non-hydrogen) atoms. The predicted octanol–water partition coefficient (Wildman–Crippen LogP) is 2.46. The molecule has 3 fully saturated rings. The van der Waals surface area contributed by atoms with Crippen molar-refractivity contribution in [2.45, 2.75) is 44.8 Å². The molecule has 0 unspecified atom stereocenters. The predicted molar refractivity (Wildman–Crippen MR) is 72.3 cm³/mol. The van der Waals surface area contributed by atoms with Crippen LogP contribution in [-0.4, -0.2) is 23.3 Å². The number of aliphatic hydroxyl groups excluding tert-OH is 1. The normalized spacial score (nSPS) is 45.7. The van der Waals surface area contributed by atoms with Crippen molar-refractivity contribution in [2.24, 2.45) is 23.7 Å². The van der Waals surface area contributed by atoms with Crippen LogP contribution in [0.2, 0.25) is 0 Å². The summed E-state index contributed by atoms with van der Waals surface area (Å²) in [5.41, 5.74) is 2.04. The summed E-state index contributed by atoms with van der Waals surface area (Å²) in [5, 5.41) is 10.1. The zero-order chi connectivity index (χ0) is 13.7. The number of rotatable bonds is 1. The molecule has 3 rings (SSSR count). The Morgan fingerprint density at radius 2 is 2.16 bits per heavy atom. The highest BCUT2D eigenvalue weighted by Crippen LogP contribution is 2.52. The molecule has 0 amide bonds. The smallest absolute Gasteiger partial charge is 0.309 e. The van der Waals surface area contributed by atoms with Gasteiger partial charge in [0.15, 0.2) is 0 Å². The summed E-state index contributed by atoms with van der Waals surface area (Å²) in [7, 11) is 0. The van der Waals surface area contributed by atoms with E-state index in [2.05, 4.69) is 13.2 Å². The number of fused-ring (bicyclic) bond motifs is 3. The highest BCUT2D eigenvalue weighted by atomic mass is 16.6. The van der Waals surface area contributed by atoms with Gasteiger partial charge in [-0.1, -0.05) is 25.7 Å². The first kappa shape index (κ1) is 12.9. The quantitative estimate of drug-likeness (QED) is 0.583. The number of hydrogen-bond acceptors (Lipinski definition) is 3. The first-order chi connectivity index (χ1) is 9.04. The lowest BCUT2D eigenvalue weighted by molar-refractivity contribution is -0.145. The fourth-order valence-corrected chi connectivity index (χ4v) is 4.30. The lowest BCUT2D eigenvalue weighted by Crippen LogP contribution is -2.30. The van der Waals surface area contributed by atoms with Gasteiger partial charge < -0.3 is 9.84 Å². The molecule has 3 heteroatoms. The largest absolute Gasteiger partial charge is 0.461 e. The highest BCUT2D eigenvalue weighted by molar-refractivity contribution is 5.75. The van der Waals surface area contributed by atoms with Gasteiger partial charge >= 0.3 is 5.97 Å². The molecule has 0 aromatic rings. The summed E-state index contributed by atoms with van der Waals surface area (Å²) < 4.78 is 5.68. The van der Waals surface area contributed by atoms with Crippen LogP contribution in [0.25, 0.3) is 0 Å². The molecule has 0 spiro atoms. The SMILES string of the molecule is C=C1[C@@H]2[C@H]3OC(=O)[C@@H](CC)[C@@H]3CCC(=C)[C@@H]2C[C@@H]1O. The fourth-order valence-electron chi connectivity index (χ4n) is 4.30. The van der Waals surface area contributed by atoms with Gasteiger partial charge in [0.25, 0.3) is 0 Å². The lowest BCUT2D eigenvalue weighted by Gasteiger charge is -2.26. The summed E-state index contributed by atoms with van der Waals surface area (Å²) in [6.45, 7) is 10.3. The van der Waals surface area contributed by atoms with Crippen molar-refractivity contribution in [2.75, 3.05) is 0 Å². The van der Waals surface area contributed by atoms with Crippen LogP contribution in [0.4, 0.5) is 0 Å². The van der Waals surface area contributed by atoms with Gasteiger partial charge in [-0.15, -0.1) is 0 Å². The van der Waals surface area contributed by atoms with Gasteiger partial charge in [-0.05, 0) is 37.2 Å². The molecule has 3 aliphatic rings. The van der Waals surface area contributed by atoms with Crippen LogP contribution in [0.5, 0.6) is 0 Å². The second-order valence-corrected chi connectivity index (χ2v) is 6.24. The van der Waals surface area contributed by atoms with Gasteiger partial charge in [-0.2, -0.15) is 0 Å². The highest BCUT2D eigenvalue weighted by Gasteiger charge is 2.54. The van der Waals surface area contributed by atoms with E-state index in [1.807, 2.05) is 6.92 Å². The van der Waals surface area contributed by atoms with E-state index >= 15 is 0 Å². The monoisotopic (exact) mass is 262 g/mol. The van der Waals surface area contributed by atoms with Crippen LogP contribution < -0.4 is 0 Å². The molecule has 1 aliphatic heterocycles. The summed E-state index contributed by atoms with van der Waals surface area (Å²) in [6.07, 6.45) is 2.88. The Bertz CT molecular complexity index is 439. The van der Waals surface area contributed by atoms with Crippen molar-refractivity contribution in [3.63, 3.8) is 0 Å². The van der Waals surface area contributed by atoms with Gasteiger partial charge in [0, 0.05) is 11.8 Å². The van der Waals surface area contributed by atoms with Crippen molar-refractivity contribution in [1.82, 2.24) is 0 Å². The van der Waals surface area contributed by atoms with Crippen molar-refractivity contribution < 1.29 is 14.6 Å². The van der Waals surface area contributed by atoms with E-state index in [9.17, 15) is 9.90 Å². The minimum atomic E-state index is -0.468. The molecule has 0 aromatic carbocycles. The Morgan fingerprint density at radius 1 is 1.42 bits per heavy atom. The van der Waals surface area contributed by atoms with Gasteiger partial charge in [0.1, 0.15) is 6.10 Å². The van der Waals surface area contributed by atoms with Crippen molar-refractivity contribution in [1.29, 1.82) is 0 Å². The average Bonchev–Trinajstić information content (AvgIpc) is 2.80. The second-order valence-electron chi connectivity index (χ2n) is 6.24. The van der Waals surface area contributed by atoms with Gasteiger partial charge in [-0.25, -0.2) is 0 Å². The third-order valence-corrected chi connectivity index (χ3v) is 5.38. The molecule has 0 aromatic heterocycles. The lowest BCUT2D eigenvalue weighted by atomic mass is 9.79. The minimum absolute atomic E-state index is 0.0158. The van der Waals surface area contributed by atoms with E-state index in [1.165, 1.54) is 5.57 Å². The zero-order valence-electron chi connectivity index (χ0n) is 11.5. The summed E-state index contributed by atoms with van der Waals surface area (Å²) in [6, 6.07) is 0. The van der Waals surface area contributed by atoms with E-state index in [1.54, 1.807) is 0 Å². The maximum atomic E-state index is 12.0. The molecule has 2 aliphatic carbocycles. The Balaban J connectivity index is 1.97. The molecule has 3 nitrogen and oxygen atoms in total. The number of allylic oxidation sites excluding steroid dienone is 1. The van der Waals surface area contributed by atoms with Gasteiger partial charge in [-0.3, -0.25) is 4.79 Å². The Hall–Kier alpha value is -1.09. The molecule has 1 saturated heterocycles. The number of ether oxygens (including phenoxy) is 1. The molecular weight excluding hydrogens is 240 g/mol. The number of carbonyl (C=O) groups is 1. The first-order valence-electron chi connectivity index (χ1n) is 7.29. The molecule has 1 heterocycles. The second kappa shape index (κ2) is 4.48. The maximum Gasteiger partial charge on any atom is 0.309 e. The Labute approximate surface area is 114 Å². The Morgan fingerprint density at radius 3 is 2.84 bits per heavy atom. The molecule has 104 valence electrons. The fraction of sp³-hybridized carbons (Fsp3) is 0.688. The standard InChI is InChI=1S/C16H22O3/c1-4-10-11-6-5-8(2)12-7-13(17)9(3)14(12)15(11)19-16(10)18/h10-15,17H,2-7H2,1H3/t10-,11-,12-,13-,14-,15-/m0/s1. The third-order valence-electron chi connectivity index (χ3n) is 5.38. The molecule has 6 atom stereocenters. The Kier molecular flexibility index (Phi) is 3.05. The van der Waals surface area contributed by atoms with Crippen molar-refractivity contribution in [3.05, 3.63) is 24.3 Å². The van der Waals surface area contributed by atoms with Crippen molar-refractivity contribution in [3.8, 4) is 0 Å². The summed E-state index contributed by atoms with van der Waals surface area (Å²) in [4.78, 5) is 12.0. The maximum absolute atomic E-state index is 12.0. The zero-order valence-corrected chi connectivity index (χ0v) is 11.5. The van der Waals surface area contributed by atoms with E-state index < -0.39 is 6.10 Å². The third kappa shape index (κ3) is 1.78. The van der Waals surface area contributed by atoms with E-state index in [4.69, 9.17) is 4.74 Å².